The summed E-state index contributed by atoms with van der Waals surface area (Å²) < 4.78 is 27.4. The monoisotopic (exact) mass is 386 g/mol. The standard InChI is InChI=1S/C16H26N4O3S2/c1-2-4-14-16(21)18-6-8-19(14)11-13-12-20(9-7-17-13)25(22,23)15-5-3-10-24-15/h3,5,10,13-14,17H,2,4,6-9,11-12H2,1H3,(H,18,21)/t13-,14?/m0/s1. The number of carbonyl (C=O) groups excluding carboxylic acids is 1. The fourth-order valence-corrected chi connectivity index (χ4v) is 6.15. The van der Waals surface area contributed by atoms with Crippen molar-refractivity contribution in [1.82, 2.24) is 19.8 Å². The Kier molecular flexibility index (Phi) is 6.11. The van der Waals surface area contributed by atoms with Crippen LogP contribution >= 0.6 is 11.3 Å². The Hall–Kier alpha value is -1.00. The van der Waals surface area contributed by atoms with Gasteiger partial charge in [0.1, 0.15) is 4.21 Å². The van der Waals surface area contributed by atoms with Crippen LogP contribution in [-0.2, 0) is 14.8 Å². The zero-order valence-corrected chi connectivity index (χ0v) is 16.1. The first kappa shape index (κ1) is 18.8. The summed E-state index contributed by atoms with van der Waals surface area (Å²) in [6.45, 7) is 5.79. The molecule has 3 rings (SSSR count). The molecule has 1 unspecified atom stereocenters. The van der Waals surface area contributed by atoms with Crippen molar-refractivity contribution in [2.75, 3.05) is 39.3 Å². The second-order valence-corrected chi connectivity index (χ2v) is 9.65. The highest BCUT2D eigenvalue weighted by molar-refractivity contribution is 7.91. The van der Waals surface area contributed by atoms with Crippen molar-refractivity contribution in [2.45, 2.75) is 36.1 Å². The average molecular weight is 387 g/mol. The second-order valence-electron chi connectivity index (χ2n) is 6.54. The lowest BCUT2D eigenvalue weighted by Crippen LogP contribution is -2.61. The molecule has 2 atom stereocenters. The van der Waals surface area contributed by atoms with Crippen LogP contribution in [0.15, 0.2) is 21.7 Å². The van der Waals surface area contributed by atoms with Gasteiger partial charge < -0.3 is 10.6 Å². The van der Waals surface area contributed by atoms with Gasteiger partial charge in [-0.25, -0.2) is 8.42 Å². The first-order chi connectivity index (χ1) is 12.0. The zero-order valence-electron chi connectivity index (χ0n) is 14.5. The number of hydrogen-bond acceptors (Lipinski definition) is 6. The number of carbonyl (C=O) groups is 1. The zero-order chi connectivity index (χ0) is 17.9. The Morgan fingerprint density at radius 2 is 2.16 bits per heavy atom. The minimum atomic E-state index is -3.41. The van der Waals surface area contributed by atoms with E-state index in [1.165, 1.54) is 11.3 Å². The molecule has 2 aliphatic heterocycles. The quantitative estimate of drug-likeness (QED) is 0.735. The smallest absolute Gasteiger partial charge is 0.252 e. The molecule has 0 saturated carbocycles. The third-order valence-electron chi connectivity index (χ3n) is 4.77. The number of nitrogens with one attached hydrogen (secondary N) is 2. The van der Waals surface area contributed by atoms with Crippen LogP contribution in [0.1, 0.15) is 19.8 Å². The molecular formula is C16H26N4O3S2. The van der Waals surface area contributed by atoms with Crippen molar-refractivity contribution in [1.29, 1.82) is 0 Å². The summed E-state index contributed by atoms with van der Waals surface area (Å²) >= 11 is 1.25. The minimum absolute atomic E-state index is 0.0359. The molecule has 0 spiro atoms. The Labute approximate surface area is 153 Å². The molecule has 7 nitrogen and oxygen atoms in total. The van der Waals surface area contributed by atoms with Crippen molar-refractivity contribution >= 4 is 27.3 Å². The lowest BCUT2D eigenvalue weighted by Gasteiger charge is -2.40. The summed E-state index contributed by atoms with van der Waals surface area (Å²) in [4.78, 5) is 14.3. The highest BCUT2D eigenvalue weighted by atomic mass is 32.2. The highest BCUT2D eigenvalue weighted by Crippen LogP contribution is 2.22. The van der Waals surface area contributed by atoms with Gasteiger partial charge in [-0.05, 0) is 17.9 Å². The van der Waals surface area contributed by atoms with E-state index in [1.54, 1.807) is 21.8 Å². The number of rotatable bonds is 6. The molecule has 0 bridgehead atoms. The molecule has 1 aromatic rings. The fraction of sp³-hybridized carbons (Fsp3) is 0.688. The van der Waals surface area contributed by atoms with Crippen molar-refractivity contribution in [3.63, 3.8) is 0 Å². The van der Waals surface area contributed by atoms with Crippen LogP contribution in [-0.4, -0.2) is 74.9 Å². The molecule has 140 valence electrons. The first-order valence-corrected chi connectivity index (χ1v) is 11.1. The van der Waals surface area contributed by atoms with E-state index in [1.807, 2.05) is 0 Å². The number of amides is 1. The number of sulfonamides is 1. The largest absolute Gasteiger partial charge is 0.353 e. The Morgan fingerprint density at radius 1 is 1.32 bits per heavy atom. The summed E-state index contributed by atoms with van der Waals surface area (Å²) in [5.74, 6) is 0.0898. The predicted molar refractivity (Wildman–Crippen MR) is 98.1 cm³/mol. The van der Waals surface area contributed by atoms with Gasteiger partial charge >= 0.3 is 0 Å². The molecule has 1 aromatic heterocycles. The maximum Gasteiger partial charge on any atom is 0.252 e. The molecule has 2 aliphatic rings. The van der Waals surface area contributed by atoms with E-state index in [0.29, 0.717) is 36.9 Å². The van der Waals surface area contributed by atoms with Crippen LogP contribution in [0, 0.1) is 0 Å². The SMILES string of the molecule is CCCC1C(=O)NCCN1C[C@H]1CN(S(=O)(=O)c2cccs2)CCN1. The summed E-state index contributed by atoms with van der Waals surface area (Å²) in [7, 11) is -3.41. The fourth-order valence-electron chi connectivity index (χ4n) is 3.52. The van der Waals surface area contributed by atoms with Gasteiger partial charge in [-0.3, -0.25) is 9.69 Å². The summed E-state index contributed by atoms with van der Waals surface area (Å²) in [5, 5.41) is 8.13. The lowest BCUT2D eigenvalue weighted by atomic mass is 10.1. The van der Waals surface area contributed by atoms with Gasteiger partial charge in [0.2, 0.25) is 5.91 Å². The second kappa shape index (κ2) is 8.13. The van der Waals surface area contributed by atoms with Crippen LogP contribution in [0.25, 0.3) is 0 Å². The molecule has 2 saturated heterocycles. The van der Waals surface area contributed by atoms with Crippen LogP contribution in [0.2, 0.25) is 0 Å². The van der Waals surface area contributed by atoms with E-state index in [4.69, 9.17) is 0 Å². The van der Waals surface area contributed by atoms with Crippen molar-refractivity contribution in [2.24, 2.45) is 0 Å². The lowest BCUT2D eigenvalue weighted by molar-refractivity contribution is -0.129. The summed E-state index contributed by atoms with van der Waals surface area (Å²) in [6, 6.07) is 3.35. The van der Waals surface area contributed by atoms with E-state index >= 15 is 0 Å². The van der Waals surface area contributed by atoms with Crippen molar-refractivity contribution < 1.29 is 13.2 Å². The molecule has 0 radical (unpaired) electrons. The number of thiophene rings is 1. The highest BCUT2D eigenvalue weighted by Gasteiger charge is 2.34. The number of piperazine rings is 2. The normalized spacial score (nSPS) is 26.5. The molecule has 25 heavy (non-hydrogen) atoms. The Balaban J connectivity index is 1.66. The van der Waals surface area contributed by atoms with Gasteiger partial charge in [-0.2, -0.15) is 4.31 Å². The number of hydrogen-bond donors (Lipinski definition) is 2. The van der Waals surface area contributed by atoms with E-state index < -0.39 is 10.0 Å². The van der Waals surface area contributed by atoms with Gasteiger partial charge in [0.05, 0.1) is 6.04 Å². The molecule has 2 fully saturated rings. The van der Waals surface area contributed by atoms with E-state index in [-0.39, 0.29) is 18.0 Å². The number of nitrogens with zero attached hydrogens (tertiary/aromatic N) is 2. The third kappa shape index (κ3) is 4.22. The van der Waals surface area contributed by atoms with Crippen LogP contribution in [0.3, 0.4) is 0 Å². The van der Waals surface area contributed by atoms with Gasteiger partial charge in [0.25, 0.3) is 10.0 Å². The topological polar surface area (TPSA) is 81.8 Å². The average Bonchev–Trinajstić information content (AvgIpc) is 3.14. The maximum atomic E-state index is 12.7. The molecule has 2 N–H and O–H groups in total. The Morgan fingerprint density at radius 3 is 2.88 bits per heavy atom. The minimum Gasteiger partial charge on any atom is -0.353 e. The molecule has 1 amide bonds. The van der Waals surface area contributed by atoms with E-state index in [2.05, 4.69) is 22.5 Å². The van der Waals surface area contributed by atoms with E-state index in [9.17, 15) is 13.2 Å². The third-order valence-corrected chi connectivity index (χ3v) is 8.00. The van der Waals surface area contributed by atoms with Gasteiger partial charge in [0, 0.05) is 45.3 Å². The van der Waals surface area contributed by atoms with Crippen LogP contribution in [0.4, 0.5) is 0 Å². The molecule has 0 aliphatic carbocycles. The van der Waals surface area contributed by atoms with Crippen LogP contribution < -0.4 is 10.6 Å². The molecule has 0 aromatic carbocycles. The van der Waals surface area contributed by atoms with E-state index in [0.717, 1.165) is 19.4 Å². The van der Waals surface area contributed by atoms with Gasteiger partial charge in [-0.15, -0.1) is 11.3 Å². The first-order valence-electron chi connectivity index (χ1n) is 8.81. The maximum absolute atomic E-state index is 12.7. The van der Waals surface area contributed by atoms with Crippen LogP contribution in [0.5, 0.6) is 0 Å². The Bertz CT molecular complexity index is 678. The molecule has 9 heteroatoms. The van der Waals surface area contributed by atoms with Gasteiger partial charge in [-0.1, -0.05) is 19.4 Å². The van der Waals surface area contributed by atoms with Gasteiger partial charge in [0.15, 0.2) is 0 Å². The molecule has 3 heterocycles. The van der Waals surface area contributed by atoms with Crippen molar-refractivity contribution in [3.8, 4) is 0 Å². The van der Waals surface area contributed by atoms with Crippen molar-refractivity contribution in [3.05, 3.63) is 17.5 Å². The predicted octanol–water partition coefficient (Wildman–Crippen LogP) is 0.311. The summed E-state index contributed by atoms with van der Waals surface area (Å²) in [6.07, 6.45) is 1.78. The molecular weight excluding hydrogens is 360 g/mol. The summed E-state index contributed by atoms with van der Waals surface area (Å²) in [5.41, 5.74) is 0.